The van der Waals surface area contributed by atoms with Crippen LogP contribution in [0.2, 0.25) is 0 Å². The maximum Gasteiger partial charge on any atom is 0.301 e. The van der Waals surface area contributed by atoms with Crippen molar-refractivity contribution in [2.75, 3.05) is 11.5 Å². The molecule has 3 heterocycles. The predicted molar refractivity (Wildman–Crippen MR) is 142 cm³/mol. The normalized spacial score (nSPS) is 16.9. The van der Waals surface area contributed by atoms with Gasteiger partial charge in [-0.25, -0.2) is 4.98 Å². The Hall–Kier alpha value is -4.64. The Bertz CT molecular complexity index is 1600. The second-order valence-electron chi connectivity index (χ2n) is 9.09. The number of ketones is 1. The number of carbonyl (C=O) groups is 2. The van der Waals surface area contributed by atoms with Crippen LogP contribution in [0, 0.1) is 16.0 Å². The molecule has 11 heteroatoms. The van der Waals surface area contributed by atoms with Gasteiger partial charge >= 0.3 is 5.91 Å². The summed E-state index contributed by atoms with van der Waals surface area (Å²) in [5.41, 5.74) is 1.02. The SMILES string of the molecule is CC(C)COc1cccc(/C(O)=C2\C(=O)C(=O)N(c3nc4ccc([N+](=O)[O-])cc4s3)C2c2cccnc2)c1. The minimum absolute atomic E-state index is 0.113. The molecule has 1 atom stereocenters. The summed E-state index contributed by atoms with van der Waals surface area (Å²) in [4.78, 5) is 47.3. The number of hydrogen-bond acceptors (Lipinski definition) is 9. The van der Waals surface area contributed by atoms with Gasteiger partial charge in [0.05, 0.1) is 33.4 Å². The highest BCUT2D eigenvalue weighted by atomic mass is 32.1. The average Bonchev–Trinajstić information content (AvgIpc) is 3.45. The van der Waals surface area contributed by atoms with Gasteiger partial charge < -0.3 is 9.84 Å². The van der Waals surface area contributed by atoms with Crippen molar-refractivity contribution >= 4 is 49.8 Å². The van der Waals surface area contributed by atoms with Gasteiger partial charge in [0, 0.05) is 30.1 Å². The number of fused-ring (bicyclic) bond motifs is 1. The van der Waals surface area contributed by atoms with Crippen LogP contribution in [0.5, 0.6) is 5.75 Å². The highest BCUT2D eigenvalue weighted by Crippen LogP contribution is 2.44. The molecule has 1 aliphatic rings. The Morgan fingerprint density at radius 2 is 2.00 bits per heavy atom. The number of thiazole rings is 1. The van der Waals surface area contributed by atoms with E-state index in [4.69, 9.17) is 4.74 Å². The van der Waals surface area contributed by atoms with Crippen LogP contribution in [0.1, 0.15) is 31.0 Å². The summed E-state index contributed by atoms with van der Waals surface area (Å²) in [5, 5.41) is 22.7. The summed E-state index contributed by atoms with van der Waals surface area (Å²) in [6.45, 7) is 4.50. The van der Waals surface area contributed by atoms with E-state index in [0.717, 1.165) is 11.3 Å². The number of rotatable bonds is 7. The lowest BCUT2D eigenvalue weighted by atomic mass is 9.96. The molecule has 0 saturated carbocycles. The Morgan fingerprint density at radius 3 is 2.71 bits per heavy atom. The highest BCUT2D eigenvalue weighted by molar-refractivity contribution is 7.22. The van der Waals surface area contributed by atoms with Gasteiger partial charge in [0.2, 0.25) is 0 Å². The van der Waals surface area contributed by atoms with Crippen molar-refractivity contribution in [3.05, 3.63) is 93.8 Å². The van der Waals surface area contributed by atoms with Crippen LogP contribution in [-0.4, -0.2) is 38.3 Å². The zero-order chi connectivity index (χ0) is 27.0. The molecule has 0 bridgehead atoms. The summed E-state index contributed by atoms with van der Waals surface area (Å²) in [7, 11) is 0. The quantitative estimate of drug-likeness (QED) is 0.112. The molecular formula is C27H22N4O6S. The van der Waals surface area contributed by atoms with Crippen molar-refractivity contribution in [2.45, 2.75) is 19.9 Å². The van der Waals surface area contributed by atoms with E-state index in [1.165, 1.54) is 29.3 Å². The van der Waals surface area contributed by atoms with Gasteiger partial charge in [-0.1, -0.05) is 43.4 Å². The first-order chi connectivity index (χ1) is 18.2. The number of ether oxygens (including phenoxy) is 1. The van der Waals surface area contributed by atoms with E-state index in [-0.39, 0.29) is 22.2 Å². The molecule has 2 aromatic carbocycles. The third-order valence-corrected chi connectivity index (χ3v) is 6.93. The summed E-state index contributed by atoms with van der Waals surface area (Å²) < 4.78 is 6.25. The van der Waals surface area contributed by atoms with Crippen LogP contribution in [0.25, 0.3) is 16.0 Å². The van der Waals surface area contributed by atoms with Gasteiger partial charge in [-0.2, -0.15) is 0 Å². The van der Waals surface area contributed by atoms with E-state index in [1.807, 2.05) is 13.8 Å². The number of hydrogen-bond donors (Lipinski definition) is 1. The first kappa shape index (κ1) is 25.0. The minimum Gasteiger partial charge on any atom is -0.507 e. The van der Waals surface area contributed by atoms with Crippen molar-refractivity contribution in [2.24, 2.45) is 5.92 Å². The molecule has 1 N–H and O–H groups in total. The first-order valence-corrected chi connectivity index (χ1v) is 12.6. The van der Waals surface area contributed by atoms with Crippen molar-refractivity contribution < 1.29 is 24.4 Å². The Labute approximate surface area is 221 Å². The smallest absolute Gasteiger partial charge is 0.301 e. The fourth-order valence-corrected chi connectivity index (χ4v) is 5.18. The minimum atomic E-state index is -1.01. The number of benzene rings is 2. The molecule has 4 aromatic rings. The van der Waals surface area contributed by atoms with Crippen LogP contribution < -0.4 is 9.64 Å². The zero-order valence-corrected chi connectivity index (χ0v) is 21.2. The number of aliphatic hydroxyl groups excluding tert-OH is 1. The fraction of sp³-hybridized carbons (Fsp3) is 0.185. The van der Waals surface area contributed by atoms with E-state index in [9.17, 15) is 24.8 Å². The molecule has 1 amide bonds. The highest BCUT2D eigenvalue weighted by Gasteiger charge is 2.48. The molecule has 0 spiro atoms. The maximum atomic E-state index is 13.4. The van der Waals surface area contributed by atoms with Crippen LogP contribution in [0.3, 0.4) is 0 Å². The molecule has 1 aliphatic heterocycles. The summed E-state index contributed by atoms with van der Waals surface area (Å²) in [6.07, 6.45) is 3.07. The van der Waals surface area contributed by atoms with E-state index < -0.39 is 22.7 Å². The number of nitro benzene ring substituents is 1. The fourth-order valence-electron chi connectivity index (χ4n) is 4.15. The Morgan fingerprint density at radius 1 is 1.18 bits per heavy atom. The standard InChI is InChI=1S/C27H22N4O6S/c1-15(2)14-37-19-7-3-5-16(11-19)24(32)22-23(17-6-4-10-28-13-17)30(26(34)25(22)33)27-29-20-9-8-18(31(35)36)12-21(20)38-27/h3-13,15,23,32H,14H2,1-2H3/b24-22+. The Kier molecular flexibility index (Phi) is 6.60. The van der Waals surface area contributed by atoms with E-state index in [2.05, 4.69) is 9.97 Å². The molecule has 1 fully saturated rings. The number of aromatic nitrogens is 2. The molecule has 10 nitrogen and oxygen atoms in total. The Balaban J connectivity index is 1.64. The number of Topliss-reactive ketones (excluding diaryl/α,β-unsaturated/α-hetero) is 1. The van der Waals surface area contributed by atoms with Crippen molar-refractivity contribution in [3.8, 4) is 5.75 Å². The second-order valence-corrected chi connectivity index (χ2v) is 10.1. The summed E-state index contributed by atoms with van der Waals surface area (Å²) >= 11 is 1.04. The van der Waals surface area contributed by atoms with E-state index in [0.29, 0.717) is 39.6 Å². The van der Waals surface area contributed by atoms with Gasteiger partial charge in [-0.3, -0.25) is 29.6 Å². The number of aliphatic hydroxyl groups is 1. The number of carbonyl (C=O) groups excluding carboxylic acids is 2. The third-order valence-electron chi connectivity index (χ3n) is 5.91. The number of anilines is 1. The lowest BCUT2D eigenvalue weighted by Gasteiger charge is -2.22. The largest absolute Gasteiger partial charge is 0.507 e. The number of nitro groups is 1. The van der Waals surface area contributed by atoms with Crippen molar-refractivity contribution in [3.63, 3.8) is 0 Å². The number of pyridine rings is 1. The van der Waals surface area contributed by atoms with Gasteiger partial charge in [0.15, 0.2) is 5.13 Å². The molecule has 1 unspecified atom stereocenters. The third kappa shape index (κ3) is 4.59. The summed E-state index contributed by atoms with van der Waals surface area (Å²) in [6, 6.07) is 13.2. The van der Waals surface area contributed by atoms with Crippen LogP contribution in [0.15, 0.2) is 72.6 Å². The molecule has 0 radical (unpaired) electrons. The van der Waals surface area contributed by atoms with Crippen molar-refractivity contribution in [1.82, 2.24) is 9.97 Å². The van der Waals surface area contributed by atoms with E-state index >= 15 is 0 Å². The van der Waals surface area contributed by atoms with Crippen LogP contribution in [-0.2, 0) is 9.59 Å². The first-order valence-electron chi connectivity index (χ1n) is 11.7. The number of non-ortho nitro benzene ring substituents is 1. The summed E-state index contributed by atoms with van der Waals surface area (Å²) in [5.74, 6) is -1.30. The molecule has 0 aliphatic carbocycles. The van der Waals surface area contributed by atoms with Gasteiger partial charge in [-0.05, 0) is 35.7 Å². The lowest BCUT2D eigenvalue weighted by Crippen LogP contribution is -2.29. The molecular weight excluding hydrogens is 508 g/mol. The monoisotopic (exact) mass is 530 g/mol. The second kappa shape index (κ2) is 10.0. The molecule has 5 rings (SSSR count). The van der Waals surface area contributed by atoms with E-state index in [1.54, 1.807) is 42.6 Å². The number of amides is 1. The predicted octanol–water partition coefficient (Wildman–Crippen LogP) is 5.26. The maximum absolute atomic E-state index is 13.4. The zero-order valence-electron chi connectivity index (χ0n) is 20.4. The van der Waals surface area contributed by atoms with Crippen LogP contribution >= 0.6 is 11.3 Å². The average molecular weight is 531 g/mol. The van der Waals surface area contributed by atoms with Gasteiger partial charge in [-0.15, -0.1) is 0 Å². The topological polar surface area (TPSA) is 136 Å². The van der Waals surface area contributed by atoms with Gasteiger partial charge in [0.25, 0.3) is 11.5 Å². The molecule has 2 aromatic heterocycles. The van der Waals surface area contributed by atoms with Crippen molar-refractivity contribution in [1.29, 1.82) is 0 Å². The molecule has 38 heavy (non-hydrogen) atoms. The molecule has 1 saturated heterocycles. The lowest BCUT2D eigenvalue weighted by molar-refractivity contribution is -0.384. The number of nitrogens with zero attached hydrogens (tertiary/aromatic N) is 4. The van der Waals surface area contributed by atoms with Crippen LogP contribution in [0.4, 0.5) is 10.8 Å². The van der Waals surface area contributed by atoms with Gasteiger partial charge in [0.1, 0.15) is 11.5 Å². The molecule has 192 valence electrons.